The lowest BCUT2D eigenvalue weighted by atomic mass is 10.1. The fourth-order valence-electron chi connectivity index (χ4n) is 4.11. The third kappa shape index (κ3) is 3.56. The summed E-state index contributed by atoms with van der Waals surface area (Å²) in [6.07, 6.45) is 2.22. The zero-order valence-electron chi connectivity index (χ0n) is 18.0. The summed E-state index contributed by atoms with van der Waals surface area (Å²) in [5.41, 5.74) is 7.64. The van der Waals surface area contributed by atoms with E-state index in [1.807, 2.05) is 28.6 Å². The molecule has 0 spiro atoms. The maximum atomic E-state index is 13.3. The minimum absolute atomic E-state index is 0.00823. The summed E-state index contributed by atoms with van der Waals surface area (Å²) in [5, 5.41) is 0.853. The summed E-state index contributed by atoms with van der Waals surface area (Å²) in [5.74, 6) is 1.34. The molecule has 0 bridgehead atoms. The van der Waals surface area contributed by atoms with E-state index >= 15 is 0 Å². The molecule has 1 aliphatic rings. The van der Waals surface area contributed by atoms with Crippen molar-refractivity contribution in [3.8, 4) is 11.5 Å². The smallest absolute Gasteiger partial charge is 0.270 e. The lowest BCUT2D eigenvalue weighted by Crippen LogP contribution is -2.30. The summed E-state index contributed by atoms with van der Waals surface area (Å²) in [6.45, 7) is 2.85. The van der Waals surface area contributed by atoms with Gasteiger partial charge in [0.05, 0.1) is 31.0 Å². The molecule has 9 nitrogen and oxygen atoms in total. The van der Waals surface area contributed by atoms with Crippen LogP contribution in [0.25, 0.3) is 10.9 Å². The van der Waals surface area contributed by atoms with Crippen LogP contribution in [0.3, 0.4) is 0 Å². The summed E-state index contributed by atoms with van der Waals surface area (Å²) in [7, 11) is 5.05. The Morgan fingerprint density at radius 1 is 1.19 bits per heavy atom. The van der Waals surface area contributed by atoms with Crippen LogP contribution >= 0.6 is 0 Å². The third-order valence-electron chi connectivity index (χ3n) is 5.88. The minimum atomic E-state index is -0.546. The zero-order chi connectivity index (χ0) is 22.3. The Morgan fingerprint density at radius 3 is 2.61 bits per heavy atom. The van der Waals surface area contributed by atoms with E-state index in [1.165, 1.54) is 6.20 Å². The van der Waals surface area contributed by atoms with E-state index < -0.39 is 5.91 Å². The molecule has 0 radical (unpaired) electrons. The predicted octanol–water partition coefficient (Wildman–Crippen LogP) is 2.02. The van der Waals surface area contributed by atoms with Gasteiger partial charge in [-0.2, -0.15) is 0 Å². The Morgan fingerprint density at radius 2 is 1.97 bits per heavy atom. The molecule has 1 aliphatic heterocycles. The van der Waals surface area contributed by atoms with E-state index in [2.05, 4.69) is 9.97 Å². The van der Waals surface area contributed by atoms with Crippen LogP contribution in [-0.4, -0.2) is 58.6 Å². The Hall–Kier alpha value is -3.62. The highest BCUT2D eigenvalue weighted by Crippen LogP contribution is 2.34. The van der Waals surface area contributed by atoms with Crippen molar-refractivity contribution in [2.24, 2.45) is 12.8 Å². The number of carbonyl (C=O) groups excluding carboxylic acids is 2. The minimum Gasteiger partial charge on any atom is -0.497 e. The van der Waals surface area contributed by atoms with Crippen molar-refractivity contribution < 1.29 is 19.1 Å². The van der Waals surface area contributed by atoms with Crippen molar-refractivity contribution >= 4 is 22.7 Å². The number of benzene rings is 1. The second kappa shape index (κ2) is 7.90. The molecule has 1 unspecified atom stereocenters. The van der Waals surface area contributed by atoms with E-state index in [9.17, 15) is 9.59 Å². The number of aryl methyl sites for hydroxylation is 2. The van der Waals surface area contributed by atoms with Crippen LogP contribution in [0.1, 0.15) is 44.7 Å². The van der Waals surface area contributed by atoms with E-state index in [4.69, 9.17) is 15.2 Å². The lowest BCUT2D eigenvalue weighted by molar-refractivity contribution is 0.0781. The number of likely N-dealkylation sites (tertiary alicyclic amines) is 1. The number of amides is 2. The molecule has 1 saturated heterocycles. The first kappa shape index (κ1) is 20.6. The number of primary amides is 1. The van der Waals surface area contributed by atoms with Gasteiger partial charge < -0.3 is 24.7 Å². The third-order valence-corrected chi connectivity index (χ3v) is 5.88. The number of aromatic nitrogens is 3. The van der Waals surface area contributed by atoms with E-state index in [1.54, 1.807) is 27.2 Å². The Bertz CT molecular complexity index is 1190. The Balaban J connectivity index is 1.60. The number of carbonyl (C=O) groups is 2. The quantitative estimate of drug-likeness (QED) is 0.672. The molecule has 9 heteroatoms. The van der Waals surface area contributed by atoms with Gasteiger partial charge in [0.2, 0.25) is 0 Å². The molecular formula is C22H25N5O4. The van der Waals surface area contributed by atoms with Crippen LogP contribution in [0.5, 0.6) is 11.5 Å². The first-order chi connectivity index (χ1) is 14.8. The van der Waals surface area contributed by atoms with Crippen molar-refractivity contribution in [2.45, 2.75) is 19.3 Å². The number of hydrogen-bond donors (Lipinski definition) is 1. The largest absolute Gasteiger partial charge is 0.497 e. The number of methoxy groups -OCH3 is 2. The average molecular weight is 423 g/mol. The Labute approximate surface area is 179 Å². The molecule has 3 aromatic rings. The second-order valence-electron chi connectivity index (χ2n) is 7.68. The molecule has 1 aromatic carbocycles. The molecule has 3 heterocycles. The van der Waals surface area contributed by atoms with Gasteiger partial charge in [-0.05, 0) is 19.4 Å². The number of nitrogens with two attached hydrogens (primary N) is 1. The van der Waals surface area contributed by atoms with Gasteiger partial charge in [0.25, 0.3) is 11.8 Å². The summed E-state index contributed by atoms with van der Waals surface area (Å²) in [6, 6.07) is 5.54. The average Bonchev–Trinajstić information content (AvgIpc) is 3.38. The van der Waals surface area contributed by atoms with Crippen LogP contribution in [0.2, 0.25) is 0 Å². The summed E-state index contributed by atoms with van der Waals surface area (Å²) in [4.78, 5) is 35.3. The zero-order valence-corrected chi connectivity index (χ0v) is 18.0. The second-order valence-corrected chi connectivity index (χ2v) is 7.68. The highest BCUT2D eigenvalue weighted by Gasteiger charge is 2.31. The molecule has 1 atom stereocenters. The SMILES string of the molecule is COc1cc(OC)c2cc(C(=O)N3CCC(c4ncc(C(N)=O)c(C)n4)C3)n(C)c2c1. The number of ether oxygens (including phenoxy) is 2. The molecule has 1 fully saturated rings. The topological polar surface area (TPSA) is 113 Å². The van der Waals surface area contributed by atoms with Gasteiger partial charge in [0.1, 0.15) is 23.0 Å². The van der Waals surface area contributed by atoms with Crippen molar-refractivity contribution in [1.82, 2.24) is 19.4 Å². The van der Waals surface area contributed by atoms with Crippen molar-refractivity contribution in [3.05, 3.63) is 47.2 Å². The molecule has 0 aliphatic carbocycles. The van der Waals surface area contributed by atoms with Crippen molar-refractivity contribution in [3.63, 3.8) is 0 Å². The number of rotatable bonds is 5. The van der Waals surface area contributed by atoms with Gasteiger partial charge in [0, 0.05) is 49.8 Å². The Kier molecular flexibility index (Phi) is 5.26. The molecular weight excluding hydrogens is 398 g/mol. The van der Waals surface area contributed by atoms with Crippen LogP contribution in [-0.2, 0) is 7.05 Å². The molecule has 0 saturated carbocycles. The highest BCUT2D eigenvalue weighted by atomic mass is 16.5. The molecule has 2 aromatic heterocycles. The van der Waals surface area contributed by atoms with Crippen LogP contribution < -0.4 is 15.2 Å². The molecule has 2 amide bonds. The molecule has 4 rings (SSSR count). The normalized spacial score (nSPS) is 16.0. The van der Waals surface area contributed by atoms with Crippen molar-refractivity contribution in [1.29, 1.82) is 0 Å². The van der Waals surface area contributed by atoms with Crippen LogP contribution in [0.15, 0.2) is 24.4 Å². The maximum Gasteiger partial charge on any atom is 0.270 e. The fourth-order valence-corrected chi connectivity index (χ4v) is 4.11. The molecule has 162 valence electrons. The monoisotopic (exact) mass is 423 g/mol. The van der Waals surface area contributed by atoms with Crippen LogP contribution in [0.4, 0.5) is 0 Å². The van der Waals surface area contributed by atoms with Gasteiger partial charge in [-0.1, -0.05) is 0 Å². The maximum absolute atomic E-state index is 13.3. The number of nitrogens with zero attached hydrogens (tertiary/aromatic N) is 4. The van der Waals surface area contributed by atoms with Gasteiger partial charge in [-0.25, -0.2) is 9.97 Å². The van der Waals surface area contributed by atoms with E-state index in [0.29, 0.717) is 47.4 Å². The van der Waals surface area contributed by atoms with Gasteiger partial charge in [-0.3, -0.25) is 9.59 Å². The number of hydrogen-bond acceptors (Lipinski definition) is 6. The van der Waals surface area contributed by atoms with Gasteiger partial charge >= 0.3 is 0 Å². The van der Waals surface area contributed by atoms with Crippen molar-refractivity contribution in [2.75, 3.05) is 27.3 Å². The predicted molar refractivity (Wildman–Crippen MR) is 115 cm³/mol. The van der Waals surface area contributed by atoms with E-state index in [-0.39, 0.29) is 11.8 Å². The first-order valence-corrected chi connectivity index (χ1v) is 9.98. The fraction of sp³-hybridized carbons (Fsp3) is 0.364. The van der Waals surface area contributed by atoms with E-state index in [0.717, 1.165) is 17.3 Å². The van der Waals surface area contributed by atoms with Crippen LogP contribution in [0, 0.1) is 6.92 Å². The number of fused-ring (bicyclic) bond motifs is 1. The highest BCUT2D eigenvalue weighted by molar-refractivity contribution is 6.01. The molecule has 2 N–H and O–H groups in total. The van der Waals surface area contributed by atoms with Gasteiger partial charge in [-0.15, -0.1) is 0 Å². The summed E-state index contributed by atoms with van der Waals surface area (Å²) < 4.78 is 12.7. The standard InChI is InChI=1S/C22H25N5O4/c1-12-16(20(23)28)10-24-21(25-12)13-5-6-27(11-13)22(29)18-9-15-17(26(18)2)7-14(30-3)8-19(15)31-4/h7-10,13H,5-6,11H2,1-4H3,(H2,23,28). The first-order valence-electron chi connectivity index (χ1n) is 9.98. The summed E-state index contributed by atoms with van der Waals surface area (Å²) >= 11 is 0. The lowest BCUT2D eigenvalue weighted by Gasteiger charge is -2.17. The molecule has 31 heavy (non-hydrogen) atoms. The van der Waals surface area contributed by atoms with Gasteiger partial charge in [0.15, 0.2) is 0 Å².